The molecule has 0 spiro atoms. The molecule has 4 bridgehead atoms. The first-order valence-electron chi connectivity index (χ1n) is 16.7. The number of aromatic nitrogens is 3. The Hall–Kier alpha value is -4.90. The monoisotopic (exact) mass is 692 g/mol. The SMILES string of the molecule is COC(=O)C1=C(C)N(c2cccc(C(F)(F)F)c2)c2n[nH]c(=O)n2C1c1ccc(C#N)cc1CCCNC12CC3CC(CC(C3)C1)C2.O=CO. The van der Waals surface area contributed by atoms with Gasteiger partial charge in [-0.25, -0.2) is 19.3 Å². The van der Waals surface area contributed by atoms with Crippen LogP contribution in [0.25, 0.3) is 0 Å². The Bertz CT molecular complexity index is 1870. The number of nitriles is 1. The number of rotatable bonds is 8. The number of H-pyrrole nitrogens is 1. The summed E-state index contributed by atoms with van der Waals surface area (Å²) in [5.74, 6) is 1.77. The largest absolute Gasteiger partial charge is 0.483 e. The maximum atomic E-state index is 13.7. The Labute approximate surface area is 286 Å². The minimum atomic E-state index is -4.61. The summed E-state index contributed by atoms with van der Waals surface area (Å²) in [6, 6.07) is 11.0. The molecule has 4 fully saturated rings. The predicted octanol–water partition coefficient (Wildman–Crippen LogP) is 5.84. The van der Waals surface area contributed by atoms with E-state index in [1.165, 1.54) is 67.2 Å². The number of hydrogen-bond donors (Lipinski definition) is 3. The van der Waals surface area contributed by atoms with Crippen molar-refractivity contribution in [1.29, 1.82) is 5.26 Å². The van der Waals surface area contributed by atoms with Crippen LogP contribution in [0.3, 0.4) is 0 Å². The summed E-state index contributed by atoms with van der Waals surface area (Å²) >= 11 is 0. The lowest BCUT2D eigenvalue weighted by molar-refractivity contribution is -0.138. The number of ether oxygens (including phenoxy) is 1. The van der Waals surface area contributed by atoms with E-state index in [1.807, 2.05) is 0 Å². The number of allylic oxidation sites excluding steroid dienone is 1. The molecule has 264 valence electrons. The summed E-state index contributed by atoms with van der Waals surface area (Å²) < 4.78 is 47.5. The first-order chi connectivity index (χ1) is 23.9. The number of benzene rings is 2. The van der Waals surface area contributed by atoms with E-state index in [4.69, 9.17) is 14.6 Å². The summed E-state index contributed by atoms with van der Waals surface area (Å²) in [5.41, 5.74) is 0.964. The molecule has 0 amide bonds. The van der Waals surface area contributed by atoms with Gasteiger partial charge in [-0.05, 0) is 124 Å². The molecule has 2 aromatic carbocycles. The molecule has 4 saturated carbocycles. The fraction of sp³-hybridized carbons (Fsp3) is 0.472. The van der Waals surface area contributed by atoms with Crippen molar-refractivity contribution in [2.75, 3.05) is 18.6 Å². The standard InChI is InChI=1S/C35H37F3N6O3.CH2O2/c1-20-29(31(45)47-2)30(44-32(41-42-33(44)46)43(20)27-7-3-6-26(15-27)35(36,37)38)28-9-8-21(19-39)14-25(28)5-4-10-40-34-16-22-11-23(17-34)13-24(12-22)18-34;2-1-3/h3,6-9,14-15,22-24,30,40H,4-5,10-13,16-18H2,1-2H3,(H,42,46);1H,(H,2,3). The molecule has 3 N–H and O–H groups in total. The number of aromatic amines is 1. The number of esters is 1. The van der Waals surface area contributed by atoms with Crippen LogP contribution in [0.15, 0.2) is 58.5 Å². The number of carbonyl (C=O) groups is 2. The average Bonchev–Trinajstić information content (AvgIpc) is 3.45. The second-order valence-corrected chi connectivity index (χ2v) is 13.8. The zero-order valence-corrected chi connectivity index (χ0v) is 27.8. The number of carbonyl (C=O) groups excluding carboxylic acids is 1. The average molecular weight is 693 g/mol. The van der Waals surface area contributed by atoms with E-state index in [-0.39, 0.29) is 34.9 Å². The van der Waals surface area contributed by atoms with Crippen LogP contribution in [0.2, 0.25) is 0 Å². The van der Waals surface area contributed by atoms with E-state index in [2.05, 4.69) is 21.6 Å². The van der Waals surface area contributed by atoms with Crippen molar-refractivity contribution < 1.29 is 32.6 Å². The first-order valence-corrected chi connectivity index (χ1v) is 16.7. The number of aryl methyl sites for hydroxylation is 1. The van der Waals surface area contributed by atoms with Crippen LogP contribution in [0.4, 0.5) is 24.8 Å². The highest BCUT2D eigenvalue weighted by Crippen LogP contribution is 2.55. The first kappa shape index (κ1) is 34.9. The minimum absolute atomic E-state index is 0.0308. The van der Waals surface area contributed by atoms with Gasteiger partial charge in [0.25, 0.3) is 6.47 Å². The van der Waals surface area contributed by atoms with E-state index >= 15 is 0 Å². The highest BCUT2D eigenvalue weighted by Gasteiger charge is 2.50. The molecule has 0 saturated heterocycles. The van der Waals surface area contributed by atoms with E-state index in [9.17, 15) is 28.0 Å². The number of hydrogen-bond acceptors (Lipinski definition) is 8. The van der Waals surface area contributed by atoms with E-state index in [0.29, 0.717) is 17.5 Å². The van der Waals surface area contributed by atoms with Crippen LogP contribution in [0.5, 0.6) is 0 Å². The van der Waals surface area contributed by atoms with Gasteiger partial charge in [0.15, 0.2) is 0 Å². The molecule has 1 unspecified atom stereocenters. The van der Waals surface area contributed by atoms with Crippen molar-refractivity contribution in [1.82, 2.24) is 20.1 Å². The van der Waals surface area contributed by atoms with Gasteiger partial charge in [-0.3, -0.25) is 9.69 Å². The molecule has 14 heteroatoms. The third kappa shape index (κ3) is 6.54. The summed E-state index contributed by atoms with van der Waals surface area (Å²) in [6.45, 7) is 2.15. The minimum Gasteiger partial charge on any atom is -0.483 e. The number of fused-ring (bicyclic) bond motifs is 1. The quantitative estimate of drug-likeness (QED) is 0.150. The smallest absolute Gasteiger partial charge is 0.416 e. The topological polar surface area (TPSA) is 153 Å². The molecule has 11 nitrogen and oxygen atoms in total. The molecule has 5 aliphatic rings. The summed E-state index contributed by atoms with van der Waals surface area (Å²) in [5, 5.41) is 27.2. The summed E-state index contributed by atoms with van der Waals surface area (Å²) in [4.78, 5) is 36.6. The highest BCUT2D eigenvalue weighted by molar-refractivity contribution is 5.93. The molecule has 4 aliphatic carbocycles. The van der Waals surface area contributed by atoms with Gasteiger partial charge in [-0.2, -0.15) is 18.4 Å². The van der Waals surface area contributed by atoms with Gasteiger partial charge in [0.1, 0.15) is 6.04 Å². The normalized spacial score (nSPS) is 25.0. The zero-order chi connectivity index (χ0) is 35.8. The summed E-state index contributed by atoms with van der Waals surface area (Å²) in [7, 11) is 1.22. The van der Waals surface area contributed by atoms with Crippen molar-refractivity contribution in [3.63, 3.8) is 0 Å². The number of nitrogens with zero attached hydrogens (tertiary/aromatic N) is 4. The van der Waals surface area contributed by atoms with Crippen LogP contribution in [0, 0.1) is 29.1 Å². The molecular formula is C36H39F3N6O5. The number of methoxy groups -OCH3 is 1. The lowest BCUT2D eigenvalue weighted by Gasteiger charge is -2.57. The van der Waals surface area contributed by atoms with E-state index in [1.54, 1.807) is 25.1 Å². The van der Waals surface area contributed by atoms with Gasteiger partial charge >= 0.3 is 17.8 Å². The Morgan fingerprint density at radius 1 is 1.16 bits per heavy atom. The van der Waals surface area contributed by atoms with Crippen molar-refractivity contribution in [2.45, 2.75) is 76.0 Å². The van der Waals surface area contributed by atoms with Gasteiger partial charge in [-0.15, -0.1) is 5.10 Å². The summed E-state index contributed by atoms with van der Waals surface area (Å²) in [6.07, 6.45) is 4.54. The Balaban J connectivity index is 0.00000139. The molecule has 8 rings (SSSR count). The molecule has 0 radical (unpaired) electrons. The number of nitrogens with one attached hydrogen (secondary N) is 2. The van der Waals surface area contributed by atoms with Crippen LogP contribution in [-0.4, -0.2) is 51.5 Å². The maximum Gasteiger partial charge on any atom is 0.416 e. The molecular weight excluding hydrogens is 653 g/mol. The number of carboxylic acid groups (broad SMARTS) is 1. The third-order valence-electron chi connectivity index (χ3n) is 10.7. The second kappa shape index (κ2) is 13.8. The molecule has 50 heavy (non-hydrogen) atoms. The molecule has 1 atom stereocenters. The van der Waals surface area contributed by atoms with E-state index in [0.717, 1.165) is 48.4 Å². The van der Waals surface area contributed by atoms with Gasteiger partial charge < -0.3 is 15.2 Å². The predicted molar refractivity (Wildman–Crippen MR) is 176 cm³/mol. The van der Waals surface area contributed by atoms with Gasteiger partial charge in [-0.1, -0.05) is 12.1 Å². The maximum absolute atomic E-state index is 13.7. The Morgan fingerprint density at radius 3 is 2.42 bits per heavy atom. The van der Waals surface area contributed by atoms with Gasteiger partial charge in [0, 0.05) is 16.9 Å². The van der Waals surface area contributed by atoms with Crippen molar-refractivity contribution >= 4 is 24.1 Å². The molecule has 2 heterocycles. The second-order valence-electron chi connectivity index (χ2n) is 13.8. The van der Waals surface area contributed by atoms with Gasteiger partial charge in [0.2, 0.25) is 5.95 Å². The van der Waals surface area contributed by atoms with Crippen molar-refractivity contribution in [3.05, 3.63) is 86.5 Å². The van der Waals surface area contributed by atoms with Gasteiger partial charge in [0.05, 0.1) is 29.9 Å². The lowest BCUT2D eigenvalue weighted by atomic mass is 9.53. The van der Waals surface area contributed by atoms with Crippen LogP contribution < -0.4 is 15.9 Å². The highest BCUT2D eigenvalue weighted by atomic mass is 19.4. The fourth-order valence-corrected chi connectivity index (χ4v) is 9.20. The fourth-order valence-electron chi connectivity index (χ4n) is 9.20. The van der Waals surface area contributed by atoms with Crippen LogP contribution in [0.1, 0.15) is 80.2 Å². The van der Waals surface area contributed by atoms with Crippen molar-refractivity contribution in [3.8, 4) is 6.07 Å². The number of alkyl halides is 3. The van der Waals surface area contributed by atoms with Crippen molar-refractivity contribution in [2.24, 2.45) is 17.8 Å². The van der Waals surface area contributed by atoms with Crippen LogP contribution in [-0.2, 0) is 26.9 Å². The molecule has 1 aliphatic heterocycles. The van der Waals surface area contributed by atoms with E-state index < -0.39 is 29.4 Å². The Kier molecular flexibility index (Phi) is 9.63. The van der Waals surface area contributed by atoms with Crippen LogP contribution >= 0.6 is 0 Å². The number of anilines is 2. The zero-order valence-electron chi connectivity index (χ0n) is 27.8. The molecule has 1 aromatic heterocycles. The third-order valence-corrected chi connectivity index (χ3v) is 10.7. The number of halogens is 3. The Morgan fingerprint density at radius 2 is 1.82 bits per heavy atom. The molecule has 3 aromatic rings. The lowest BCUT2D eigenvalue weighted by Crippen LogP contribution is -2.58.